The Labute approximate surface area is 97.8 Å². The molecule has 0 atom stereocenters. The van der Waals surface area contributed by atoms with Crippen LogP contribution in [0.5, 0.6) is 0 Å². The molecular weight excluding hydrogens is 198 g/mol. The SMILES string of the molecule is CC.Cc1nc(C)c2c(n1)CCCC(N)=C2. The fraction of sp³-hybridized carbons (Fsp3) is 0.538. The molecular formula is C13H21N3. The number of rotatable bonds is 0. The summed E-state index contributed by atoms with van der Waals surface area (Å²) < 4.78 is 0. The van der Waals surface area contributed by atoms with E-state index in [0.717, 1.165) is 47.7 Å². The Morgan fingerprint density at radius 2 is 1.81 bits per heavy atom. The molecule has 0 bridgehead atoms. The number of nitrogens with zero attached hydrogens (tertiary/aromatic N) is 2. The molecule has 3 nitrogen and oxygen atoms in total. The molecule has 0 fully saturated rings. The molecule has 88 valence electrons. The molecule has 0 saturated carbocycles. The van der Waals surface area contributed by atoms with Crippen molar-refractivity contribution < 1.29 is 0 Å². The third kappa shape index (κ3) is 2.81. The van der Waals surface area contributed by atoms with Gasteiger partial charge in [-0.05, 0) is 39.2 Å². The maximum Gasteiger partial charge on any atom is 0.125 e. The second-order valence-electron chi connectivity index (χ2n) is 3.79. The van der Waals surface area contributed by atoms with E-state index in [2.05, 4.69) is 9.97 Å². The van der Waals surface area contributed by atoms with Gasteiger partial charge in [0.2, 0.25) is 0 Å². The third-order valence-electron chi connectivity index (χ3n) is 2.54. The maximum atomic E-state index is 5.86. The molecule has 2 rings (SSSR count). The van der Waals surface area contributed by atoms with Gasteiger partial charge in [0.05, 0.1) is 5.69 Å². The van der Waals surface area contributed by atoms with E-state index in [1.54, 1.807) is 0 Å². The zero-order chi connectivity index (χ0) is 12.1. The summed E-state index contributed by atoms with van der Waals surface area (Å²) in [6, 6.07) is 0. The second kappa shape index (κ2) is 5.64. The highest BCUT2D eigenvalue weighted by atomic mass is 14.9. The highest BCUT2D eigenvalue weighted by molar-refractivity contribution is 5.57. The molecule has 0 spiro atoms. The van der Waals surface area contributed by atoms with Crippen molar-refractivity contribution in [2.45, 2.75) is 47.0 Å². The monoisotopic (exact) mass is 219 g/mol. The molecule has 0 unspecified atom stereocenters. The third-order valence-corrected chi connectivity index (χ3v) is 2.54. The van der Waals surface area contributed by atoms with Gasteiger partial charge in [-0.3, -0.25) is 0 Å². The van der Waals surface area contributed by atoms with E-state index in [1.165, 1.54) is 0 Å². The van der Waals surface area contributed by atoms with Crippen LogP contribution in [0, 0.1) is 13.8 Å². The first-order chi connectivity index (χ1) is 7.66. The first kappa shape index (κ1) is 12.7. The van der Waals surface area contributed by atoms with Gasteiger partial charge < -0.3 is 5.73 Å². The zero-order valence-corrected chi connectivity index (χ0v) is 10.7. The van der Waals surface area contributed by atoms with Crippen molar-refractivity contribution in [3.63, 3.8) is 0 Å². The fourth-order valence-corrected chi connectivity index (χ4v) is 1.89. The summed E-state index contributed by atoms with van der Waals surface area (Å²) in [4.78, 5) is 8.81. The Bertz CT molecular complexity index is 394. The van der Waals surface area contributed by atoms with Gasteiger partial charge in [-0.1, -0.05) is 13.8 Å². The normalized spacial score (nSPS) is 14.1. The molecule has 1 aromatic rings. The number of aromatic nitrogens is 2. The Morgan fingerprint density at radius 1 is 1.12 bits per heavy atom. The smallest absolute Gasteiger partial charge is 0.125 e. The summed E-state index contributed by atoms with van der Waals surface area (Å²) in [6.07, 6.45) is 5.09. The van der Waals surface area contributed by atoms with E-state index in [1.807, 2.05) is 33.8 Å². The minimum atomic E-state index is 0.857. The van der Waals surface area contributed by atoms with E-state index < -0.39 is 0 Å². The lowest BCUT2D eigenvalue weighted by Gasteiger charge is -2.06. The summed E-state index contributed by atoms with van der Waals surface area (Å²) in [6.45, 7) is 7.95. The van der Waals surface area contributed by atoms with Crippen molar-refractivity contribution in [2.24, 2.45) is 5.73 Å². The molecule has 1 aliphatic rings. The molecule has 1 aliphatic carbocycles. The number of hydrogen-bond donors (Lipinski definition) is 1. The van der Waals surface area contributed by atoms with Gasteiger partial charge in [-0.2, -0.15) is 0 Å². The molecule has 3 heteroatoms. The summed E-state index contributed by atoms with van der Waals surface area (Å²) in [5.74, 6) is 0.857. The molecule has 1 heterocycles. The second-order valence-corrected chi connectivity index (χ2v) is 3.79. The predicted molar refractivity (Wildman–Crippen MR) is 68.0 cm³/mol. The average Bonchev–Trinajstić information content (AvgIpc) is 2.43. The van der Waals surface area contributed by atoms with Crippen molar-refractivity contribution in [3.8, 4) is 0 Å². The fourth-order valence-electron chi connectivity index (χ4n) is 1.89. The highest BCUT2D eigenvalue weighted by Crippen LogP contribution is 2.21. The molecule has 0 aliphatic heterocycles. The van der Waals surface area contributed by atoms with E-state index >= 15 is 0 Å². The van der Waals surface area contributed by atoms with Gasteiger partial charge in [0.15, 0.2) is 0 Å². The lowest BCUT2D eigenvalue weighted by Crippen LogP contribution is -2.01. The van der Waals surface area contributed by atoms with Crippen molar-refractivity contribution in [3.05, 3.63) is 28.5 Å². The van der Waals surface area contributed by atoms with Crippen molar-refractivity contribution in [1.29, 1.82) is 0 Å². The number of hydrogen-bond acceptors (Lipinski definition) is 3. The largest absolute Gasteiger partial charge is 0.402 e. The summed E-state index contributed by atoms with van der Waals surface area (Å²) in [7, 11) is 0. The molecule has 0 aromatic carbocycles. The summed E-state index contributed by atoms with van der Waals surface area (Å²) in [5.41, 5.74) is 10.1. The van der Waals surface area contributed by atoms with Gasteiger partial charge in [-0.25, -0.2) is 9.97 Å². The van der Waals surface area contributed by atoms with Crippen LogP contribution in [0.15, 0.2) is 5.70 Å². The lowest BCUT2D eigenvalue weighted by molar-refractivity contribution is 0.786. The molecule has 2 N–H and O–H groups in total. The van der Waals surface area contributed by atoms with Crippen LogP contribution >= 0.6 is 0 Å². The Balaban J connectivity index is 0.000000606. The van der Waals surface area contributed by atoms with Gasteiger partial charge in [-0.15, -0.1) is 0 Å². The lowest BCUT2D eigenvalue weighted by atomic mass is 10.1. The minimum absolute atomic E-state index is 0.857. The number of fused-ring (bicyclic) bond motifs is 1. The van der Waals surface area contributed by atoms with Crippen LogP contribution in [-0.2, 0) is 6.42 Å². The number of aryl methyl sites for hydroxylation is 3. The summed E-state index contributed by atoms with van der Waals surface area (Å²) in [5, 5.41) is 0. The first-order valence-corrected chi connectivity index (χ1v) is 5.97. The van der Waals surface area contributed by atoms with E-state index in [0.29, 0.717) is 0 Å². The quantitative estimate of drug-likeness (QED) is 0.730. The molecule has 16 heavy (non-hydrogen) atoms. The molecule has 0 amide bonds. The summed E-state index contributed by atoms with van der Waals surface area (Å²) >= 11 is 0. The minimum Gasteiger partial charge on any atom is -0.402 e. The van der Waals surface area contributed by atoms with Crippen molar-refractivity contribution >= 4 is 6.08 Å². The molecule has 1 aromatic heterocycles. The topological polar surface area (TPSA) is 51.8 Å². The van der Waals surface area contributed by atoms with Gasteiger partial charge in [0.25, 0.3) is 0 Å². The van der Waals surface area contributed by atoms with Gasteiger partial charge >= 0.3 is 0 Å². The van der Waals surface area contributed by atoms with E-state index in [4.69, 9.17) is 5.73 Å². The standard InChI is InChI=1S/C11H15N3.C2H6/c1-7-10-6-9(12)4-3-5-11(10)14-8(2)13-7;1-2/h6H,3-5,12H2,1-2H3;1-2H3. The van der Waals surface area contributed by atoms with Crippen LogP contribution in [0.2, 0.25) is 0 Å². The molecule has 0 radical (unpaired) electrons. The van der Waals surface area contributed by atoms with Gasteiger partial charge in [0, 0.05) is 17.0 Å². The highest BCUT2D eigenvalue weighted by Gasteiger charge is 2.11. The Kier molecular flexibility index (Phi) is 4.47. The maximum absolute atomic E-state index is 5.86. The van der Waals surface area contributed by atoms with Crippen LogP contribution in [0.4, 0.5) is 0 Å². The zero-order valence-electron chi connectivity index (χ0n) is 10.7. The van der Waals surface area contributed by atoms with Crippen LogP contribution in [-0.4, -0.2) is 9.97 Å². The number of nitrogens with two attached hydrogens (primary N) is 1. The van der Waals surface area contributed by atoms with Crippen LogP contribution < -0.4 is 5.73 Å². The average molecular weight is 219 g/mol. The predicted octanol–water partition coefficient (Wildman–Crippen LogP) is 2.76. The first-order valence-electron chi connectivity index (χ1n) is 5.97. The van der Waals surface area contributed by atoms with Crippen LogP contribution in [0.1, 0.15) is 49.5 Å². The Morgan fingerprint density at radius 3 is 2.50 bits per heavy atom. The van der Waals surface area contributed by atoms with Crippen molar-refractivity contribution in [1.82, 2.24) is 9.97 Å². The van der Waals surface area contributed by atoms with Crippen LogP contribution in [0.3, 0.4) is 0 Å². The molecule has 0 saturated heterocycles. The number of allylic oxidation sites excluding steroid dienone is 1. The Hall–Kier alpha value is -1.38. The van der Waals surface area contributed by atoms with E-state index in [-0.39, 0.29) is 0 Å². The van der Waals surface area contributed by atoms with E-state index in [9.17, 15) is 0 Å². The van der Waals surface area contributed by atoms with Gasteiger partial charge in [0.1, 0.15) is 5.82 Å². The van der Waals surface area contributed by atoms with Crippen LogP contribution in [0.25, 0.3) is 6.08 Å². The van der Waals surface area contributed by atoms with Crippen molar-refractivity contribution in [2.75, 3.05) is 0 Å².